The average molecular weight is 370 g/mol. The van der Waals surface area contributed by atoms with E-state index >= 15 is 0 Å². The van der Waals surface area contributed by atoms with Crippen LogP contribution in [0.15, 0.2) is 24.8 Å². The molecule has 0 radical (unpaired) electrons. The highest BCUT2D eigenvalue weighted by Crippen LogP contribution is 2.32. The summed E-state index contributed by atoms with van der Waals surface area (Å²) < 4.78 is 1.84. The highest BCUT2D eigenvalue weighted by molar-refractivity contribution is 7.11. The van der Waals surface area contributed by atoms with E-state index in [9.17, 15) is 4.79 Å². The Hall–Kier alpha value is -2.48. The Kier molecular flexibility index (Phi) is 4.58. The van der Waals surface area contributed by atoms with Crippen LogP contribution in [0.3, 0.4) is 0 Å². The molecule has 4 rings (SSSR count). The van der Waals surface area contributed by atoms with E-state index in [1.54, 1.807) is 23.7 Å². The predicted octanol–water partition coefficient (Wildman–Crippen LogP) is 3.08. The molecule has 0 bridgehead atoms. The van der Waals surface area contributed by atoms with Crippen LogP contribution in [0.2, 0.25) is 0 Å². The zero-order valence-electron chi connectivity index (χ0n) is 15.0. The van der Waals surface area contributed by atoms with Crippen molar-refractivity contribution in [3.05, 3.63) is 40.2 Å². The zero-order valence-corrected chi connectivity index (χ0v) is 15.8. The normalized spacial score (nSPS) is 15.5. The van der Waals surface area contributed by atoms with Gasteiger partial charge in [-0.2, -0.15) is 10.2 Å². The molecule has 1 fully saturated rings. The summed E-state index contributed by atoms with van der Waals surface area (Å²) in [6, 6.07) is 0. The minimum Gasteiger partial charge on any atom is -0.338 e. The van der Waals surface area contributed by atoms with E-state index in [0.29, 0.717) is 11.5 Å². The van der Waals surface area contributed by atoms with E-state index in [1.807, 2.05) is 28.9 Å². The van der Waals surface area contributed by atoms with Crippen LogP contribution in [0.25, 0.3) is 11.3 Å². The second kappa shape index (κ2) is 7.03. The van der Waals surface area contributed by atoms with Crippen molar-refractivity contribution in [2.24, 2.45) is 0 Å². The van der Waals surface area contributed by atoms with Crippen LogP contribution in [0.4, 0.5) is 0 Å². The van der Waals surface area contributed by atoms with E-state index in [2.05, 4.69) is 27.2 Å². The maximum absolute atomic E-state index is 13.0. The number of H-pyrrole nitrogens is 1. The molecule has 0 atom stereocenters. The number of carbonyl (C=O) groups is 1. The third kappa shape index (κ3) is 3.16. The number of aromatic nitrogens is 5. The lowest BCUT2D eigenvalue weighted by Gasteiger charge is -2.31. The molecule has 3 aromatic heterocycles. The second-order valence-corrected chi connectivity index (χ2v) is 7.89. The van der Waals surface area contributed by atoms with Crippen LogP contribution >= 0.6 is 11.3 Å². The predicted molar refractivity (Wildman–Crippen MR) is 100 cm³/mol. The molecular weight excluding hydrogens is 348 g/mol. The molecule has 0 aromatic carbocycles. The smallest absolute Gasteiger partial charge is 0.257 e. The first kappa shape index (κ1) is 17.0. The molecule has 0 spiro atoms. The summed E-state index contributed by atoms with van der Waals surface area (Å²) in [4.78, 5) is 20.7. The number of piperidine rings is 1. The van der Waals surface area contributed by atoms with E-state index in [4.69, 9.17) is 0 Å². The fourth-order valence-electron chi connectivity index (χ4n) is 3.39. The molecule has 1 aliphatic heterocycles. The summed E-state index contributed by atoms with van der Waals surface area (Å²) in [5.74, 6) is 0.496. The van der Waals surface area contributed by atoms with Crippen LogP contribution in [0.1, 0.15) is 45.9 Å². The van der Waals surface area contributed by atoms with Gasteiger partial charge in [0.15, 0.2) is 0 Å². The van der Waals surface area contributed by atoms with Crippen molar-refractivity contribution in [3.8, 4) is 11.3 Å². The number of thiazole rings is 1. The van der Waals surface area contributed by atoms with Crippen LogP contribution in [-0.2, 0) is 6.54 Å². The highest BCUT2D eigenvalue weighted by Gasteiger charge is 2.28. The maximum atomic E-state index is 13.0. The van der Waals surface area contributed by atoms with Gasteiger partial charge in [-0.3, -0.25) is 14.6 Å². The van der Waals surface area contributed by atoms with Gasteiger partial charge in [-0.05, 0) is 26.7 Å². The van der Waals surface area contributed by atoms with Crippen LogP contribution in [0, 0.1) is 6.92 Å². The van der Waals surface area contributed by atoms with E-state index in [0.717, 1.165) is 43.7 Å². The van der Waals surface area contributed by atoms with Crippen LogP contribution in [-0.4, -0.2) is 48.9 Å². The number of nitrogens with zero attached hydrogens (tertiary/aromatic N) is 5. The van der Waals surface area contributed by atoms with Gasteiger partial charge in [-0.25, -0.2) is 4.98 Å². The number of amides is 1. The Morgan fingerprint density at radius 2 is 2.12 bits per heavy atom. The topological polar surface area (TPSA) is 79.7 Å². The van der Waals surface area contributed by atoms with Crippen molar-refractivity contribution in [2.45, 2.75) is 39.2 Å². The minimum atomic E-state index is 0.0340. The molecule has 8 heteroatoms. The molecule has 1 amide bonds. The van der Waals surface area contributed by atoms with E-state index < -0.39 is 0 Å². The number of rotatable bonds is 4. The van der Waals surface area contributed by atoms with Gasteiger partial charge >= 0.3 is 0 Å². The van der Waals surface area contributed by atoms with Crippen molar-refractivity contribution in [1.29, 1.82) is 0 Å². The number of hydrogen-bond donors (Lipinski definition) is 1. The first-order valence-corrected chi connectivity index (χ1v) is 9.75. The highest BCUT2D eigenvalue weighted by atomic mass is 32.1. The lowest BCUT2D eigenvalue weighted by atomic mass is 9.97. The summed E-state index contributed by atoms with van der Waals surface area (Å²) >= 11 is 1.77. The molecule has 26 heavy (non-hydrogen) atoms. The molecular formula is C18H22N6OS. The number of aromatic amines is 1. The van der Waals surface area contributed by atoms with Crippen LogP contribution in [0.5, 0.6) is 0 Å². The van der Waals surface area contributed by atoms with Crippen molar-refractivity contribution >= 4 is 17.2 Å². The SMILES string of the molecule is CCn1cc(-c2[nH]ncc2C(=O)N2CCC(c3ncc(C)s3)CC2)cn1. The Labute approximate surface area is 156 Å². The van der Waals surface area contributed by atoms with Crippen molar-refractivity contribution in [1.82, 2.24) is 29.9 Å². The van der Waals surface area contributed by atoms with Crippen molar-refractivity contribution < 1.29 is 4.79 Å². The molecule has 0 saturated carbocycles. The molecule has 7 nitrogen and oxygen atoms in total. The molecule has 1 N–H and O–H groups in total. The number of hydrogen-bond acceptors (Lipinski definition) is 5. The van der Waals surface area contributed by atoms with Crippen molar-refractivity contribution in [3.63, 3.8) is 0 Å². The first-order chi connectivity index (χ1) is 12.7. The molecule has 1 aliphatic rings. The summed E-state index contributed by atoms with van der Waals surface area (Å²) in [7, 11) is 0. The number of aryl methyl sites for hydroxylation is 2. The number of nitrogens with one attached hydrogen (secondary N) is 1. The molecule has 0 unspecified atom stereocenters. The third-order valence-corrected chi connectivity index (χ3v) is 5.96. The number of likely N-dealkylation sites (tertiary alicyclic amines) is 1. The Bertz CT molecular complexity index is 902. The fraction of sp³-hybridized carbons (Fsp3) is 0.444. The average Bonchev–Trinajstić information content (AvgIpc) is 3.41. The van der Waals surface area contributed by atoms with Gasteiger partial charge < -0.3 is 4.90 Å². The lowest BCUT2D eigenvalue weighted by Crippen LogP contribution is -2.38. The van der Waals surface area contributed by atoms with Gasteiger partial charge in [-0.1, -0.05) is 0 Å². The summed E-state index contributed by atoms with van der Waals surface area (Å²) in [6.45, 7) is 6.41. The zero-order chi connectivity index (χ0) is 18.1. The van der Waals surface area contributed by atoms with Gasteiger partial charge in [0, 0.05) is 48.4 Å². The molecule has 1 saturated heterocycles. The third-order valence-electron chi connectivity index (χ3n) is 4.89. The Morgan fingerprint density at radius 1 is 1.31 bits per heavy atom. The van der Waals surface area contributed by atoms with E-state index in [1.165, 1.54) is 9.88 Å². The monoisotopic (exact) mass is 370 g/mol. The van der Waals surface area contributed by atoms with Gasteiger partial charge in [-0.15, -0.1) is 11.3 Å². The van der Waals surface area contributed by atoms with Gasteiger partial charge in [0.05, 0.1) is 28.7 Å². The van der Waals surface area contributed by atoms with Gasteiger partial charge in [0.25, 0.3) is 5.91 Å². The lowest BCUT2D eigenvalue weighted by molar-refractivity contribution is 0.0714. The quantitative estimate of drug-likeness (QED) is 0.765. The Balaban J connectivity index is 1.47. The van der Waals surface area contributed by atoms with E-state index in [-0.39, 0.29) is 5.91 Å². The standard InChI is InChI=1S/C18H22N6OS/c1-3-24-11-14(9-21-24)16-15(10-20-22-16)18(25)23-6-4-13(5-7-23)17-19-8-12(2)26-17/h8-11,13H,3-7H2,1-2H3,(H,20,22). The maximum Gasteiger partial charge on any atom is 0.257 e. The largest absolute Gasteiger partial charge is 0.338 e. The number of carbonyl (C=O) groups excluding carboxylic acids is 1. The van der Waals surface area contributed by atoms with Crippen LogP contribution < -0.4 is 0 Å². The van der Waals surface area contributed by atoms with Crippen molar-refractivity contribution in [2.75, 3.05) is 13.1 Å². The minimum absolute atomic E-state index is 0.0340. The molecule has 3 aromatic rings. The summed E-state index contributed by atoms with van der Waals surface area (Å²) in [5.41, 5.74) is 2.25. The molecule has 4 heterocycles. The molecule has 0 aliphatic carbocycles. The summed E-state index contributed by atoms with van der Waals surface area (Å²) in [6.07, 6.45) is 9.18. The summed E-state index contributed by atoms with van der Waals surface area (Å²) in [5, 5.41) is 12.5. The Morgan fingerprint density at radius 3 is 2.77 bits per heavy atom. The fourth-order valence-corrected chi connectivity index (χ4v) is 4.34. The molecule has 136 valence electrons. The van der Waals surface area contributed by atoms with Gasteiger partial charge in [0.2, 0.25) is 0 Å². The second-order valence-electron chi connectivity index (χ2n) is 6.62. The van der Waals surface area contributed by atoms with Gasteiger partial charge in [0.1, 0.15) is 0 Å². The first-order valence-electron chi connectivity index (χ1n) is 8.93.